The van der Waals surface area contributed by atoms with Crippen LogP contribution in [-0.2, 0) is 11.2 Å². The number of pyridine rings is 1. The number of carboxylic acids is 1. The van der Waals surface area contributed by atoms with Crippen molar-refractivity contribution in [3.63, 3.8) is 0 Å². The average molecular weight is 336 g/mol. The van der Waals surface area contributed by atoms with E-state index in [0.717, 1.165) is 11.1 Å². The zero-order valence-electron chi connectivity index (χ0n) is 12.5. The van der Waals surface area contributed by atoms with Gasteiger partial charge < -0.3 is 5.11 Å². The van der Waals surface area contributed by atoms with Crippen molar-refractivity contribution >= 4 is 28.5 Å². The normalized spacial score (nSPS) is 13.3. The molecule has 0 fully saturated rings. The van der Waals surface area contributed by atoms with Gasteiger partial charge >= 0.3 is 5.97 Å². The number of benzene rings is 1. The van der Waals surface area contributed by atoms with Gasteiger partial charge in [-0.1, -0.05) is 36.4 Å². The van der Waals surface area contributed by atoms with Crippen LogP contribution in [0.2, 0.25) is 0 Å². The molecule has 1 aromatic carbocycles. The molecule has 0 bridgehead atoms. The zero-order valence-corrected chi connectivity index (χ0v) is 13.3. The Bertz CT molecular complexity index is 937. The van der Waals surface area contributed by atoms with Crippen LogP contribution >= 0.6 is 11.5 Å². The fraction of sp³-hybridized carbons (Fsp3) is 0.0588. The number of aromatic nitrogens is 3. The Morgan fingerprint density at radius 3 is 2.79 bits per heavy atom. The number of aliphatic carboxylic acids is 1. The lowest BCUT2D eigenvalue weighted by atomic mass is 10.0. The Hall–Kier alpha value is -3.06. The van der Waals surface area contributed by atoms with Crippen LogP contribution in [0.4, 0.5) is 10.9 Å². The molecule has 0 radical (unpaired) electrons. The van der Waals surface area contributed by atoms with Gasteiger partial charge in [0.25, 0.3) is 0 Å². The summed E-state index contributed by atoms with van der Waals surface area (Å²) in [5.41, 5.74) is 2.07. The molecule has 1 aliphatic heterocycles. The highest BCUT2D eigenvalue weighted by molar-refractivity contribution is 7.10. The lowest BCUT2D eigenvalue weighted by molar-refractivity contribution is -0.132. The van der Waals surface area contributed by atoms with Crippen molar-refractivity contribution in [1.29, 1.82) is 0 Å². The smallest absolute Gasteiger partial charge is 0.333 e. The second-order valence-electron chi connectivity index (χ2n) is 5.26. The number of anilines is 2. The molecule has 0 saturated heterocycles. The Morgan fingerprint density at radius 2 is 2.00 bits per heavy atom. The van der Waals surface area contributed by atoms with E-state index in [1.807, 2.05) is 36.4 Å². The van der Waals surface area contributed by atoms with Crippen molar-refractivity contribution in [2.75, 3.05) is 4.90 Å². The molecule has 7 heteroatoms. The second kappa shape index (κ2) is 5.86. The van der Waals surface area contributed by atoms with Crippen molar-refractivity contribution in [2.45, 2.75) is 6.42 Å². The van der Waals surface area contributed by atoms with Crippen molar-refractivity contribution in [3.8, 4) is 11.4 Å². The third kappa shape index (κ3) is 2.55. The fourth-order valence-electron chi connectivity index (χ4n) is 2.55. The third-order valence-electron chi connectivity index (χ3n) is 3.69. The maximum Gasteiger partial charge on any atom is 0.333 e. The van der Waals surface area contributed by atoms with Gasteiger partial charge in [0.05, 0.1) is 5.57 Å². The number of carbonyl (C=O) groups is 1. The minimum atomic E-state index is -0.942. The van der Waals surface area contributed by atoms with Crippen LogP contribution in [-0.4, -0.2) is 25.4 Å². The van der Waals surface area contributed by atoms with E-state index in [4.69, 9.17) is 0 Å². The first-order valence-corrected chi connectivity index (χ1v) is 8.06. The van der Waals surface area contributed by atoms with Crippen molar-refractivity contribution in [1.82, 2.24) is 14.3 Å². The van der Waals surface area contributed by atoms with Gasteiger partial charge in [0.15, 0.2) is 5.82 Å². The summed E-state index contributed by atoms with van der Waals surface area (Å²) >= 11 is 1.22. The molecule has 0 aliphatic carbocycles. The number of hydrogen-bond donors (Lipinski definition) is 1. The van der Waals surface area contributed by atoms with Crippen LogP contribution in [0.3, 0.4) is 0 Å². The summed E-state index contributed by atoms with van der Waals surface area (Å²) in [5.74, 6) is 0.365. The van der Waals surface area contributed by atoms with Gasteiger partial charge in [0, 0.05) is 41.5 Å². The minimum absolute atomic E-state index is 0.298. The van der Waals surface area contributed by atoms with Gasteiger partial charge in [-0.25, -0.2) is 9.78 Å². The molecule has 24 heavy (non-hydrogen) atoms. The van der Waals surface area contributed by atoms with E-state index < -0.39 is 5.97 Å². The number of fused-ring (bicyclic) bond motifs is 1. The van der Waals surface area contributed by atoms with Gasteiger partial charge in [-0.15, -0.1) is 0 Å². The summed E-state index contributed by atoms with van der Waals surface area (Å²) in [5, 5.41) is 9.95. The third-order valence-corrected chi connectivity index (χ3v) is 4.41. The molecule has 0 spiro atoms. The molecule has 6 nitrogen and oxygen atoms in total. The molecule has 118 valence electrons. The van der Waals surface area contributed by atoms with E-state index in [0.29, 0.717) is 28.8 Å². The number of carboxylic acid groups (broad SMARTS) is 1. The molecular formula is C17H12N4O2S. The van der Waals surface area contributed by atoms with E-state index in [2.05, 4.69) is 14.3 Å². The highest BCUT2D eigenvalue weighted by Crippen LogP contribution is 2.35. The van der Waals surface area contributed by atoms with E-state index in [-0.39, 0.29) is 0 Å². The van der Waals surface area contributed by atoms with E-state index in [1.165, 1.54) is 11.5 Å². The molecule has 3 aromatic rings. The minimum Gasteiger partial charge on any atom is -0.478 e. The van der Waals surface area contributed by atoms with E-state index in [1.54, 1.807) is 23.4 Å². The van der Waals surface area contributed by atoms with Crippen LogP contribution in [0.25, 0.3) is 11.4 Å². The fourth-order valence-corrected chi connectivity index (χ4v) is 3.22. The van der Waals surface area contributed by atoms with Gasteiger partial charge in [0.1, 0.15) is 5.82 Å². The first-order valence-electron chi connectivity index (χ1n) is 7.28. The topological polar surface area (TPSA) is 79.2 Å². The van der Waals surface area contributed by atoms with Gasteiger partial charge in [0.2, 0.25) is 5.13 Å². The number of rotatable bonds is 3. The molecule has 2 aromatic heterocycles. The highest BCUT2D eigenvalue weighted by atomic mass is 32.1. The lowest BCUT2D eigenvalue weighted by Crippen LogP contribution is -2.21. The monoisotopic (exact) mass is 336 g/mol. The molecular weight excluding hydrogens is 324 g/mol. The first kappa shape index (κ1) is 14.5. The molecule has 0 amide bonds. The second-order valence-corrected chi connectivity index (χ2v) is 5.99. The van der Waals surface area contributed by atoms with Crippen molar-refractivity contribution < 1.29 is 9.90 Å². The summed E-state index contributed by atoms with van der Waals surface area (Å²) in [6.07, 6.45) is 3.61. The van der Waals surface area contributed by atoms with Crippen LogP contribution in [0.1, 0.15) is 5.56 Å². The Kier molecular flexibility index (Phi) is 3.55. The van der Waals surface area contributed by atoms with Gasteiger partial charge in [-0.3, -0.25) is 4.90 Å². The molecule has 4 rings (SSSR count). The Labute approximate surface area is 141 Å². The van der Waals surface area contributed by atoms with Crippen LogP contribution in [0.15, 0.2) is 60.4 Å². The van der Waals surface area contributed by atoms with Gasteiger partial charge in [-0.05, 0) is 6.07 Å². The summed E-state index contributed by atoms with van der Waals surface area (Å²) in [4.78, 5) is 22.1. The van der Waals surface area contributed by atoms with Crippen LogP contribution in [0.5, 0.6) is 0 Å². The molecule has 0 atom stereocenters. The predicted molar refractivity (Wildman–Crippen MR) is 91.1 cm³/mol. The summed E-state index contributed by atoms with van der Waals surface area (Å²) in [7, 11) is 0. The maximum atomic E-state index is 11.4. The van der Waals surface area contributed by atoms with E-state index >= 15 is 0 Å². The average Bonchev–Trinajstić information content (AvgIpc) is 3.11. The molecule has 3 heterocycles. The zero-order chi connectivity index (χ0) is 16.5. The largest absolute Gasteiger partial charge is 0.478 e. The maximum absolute atomic E-state index is 11.4. The summed E-state index contributed by atoms with van der Waals surface area (Å²) < 4.78 is 4.39. The standard InChI is InChI=1S/C17H12N4O2S/c22-16(23)13-9-12-7-4-8-18-15(12)21(10-13)17-19-14(20-24-17)11-5-2-1-3-6-11/h1-8,10H,9H2,(H,22,23). The van der Waals surface area contributed by atoms with Gasteiger partial charge in [-0.2, -0.15) is 9.36 Å². The molecule has 0 saturated carbocycles. The van der Waals surface area contributed by atoms with Crippen LogP contribution in [0, 0.1) is 0 Å². The quantitative estimate of drug-likeness (QED) is 0.791. The SMILES string of the molecule is O=C(O)C1=CN(c2nc(-c3ccccc3)ns2)c2ncccc2C1. The summed E-state index contributed by atoms with van der Waals surface area (Å²) in [6.45, 7) is 0. The predicted octanol–water partition coefficient (Wildman–Crippen LogP) is 3.26. The lowest BCUT2D eigenvalue weighted by Gasteiger charge is -2.24. The first-order chi connectivity index (χ1) is 11.7. The molecule has 1 N–H and O–H groups in total. The summed E-state index contributed by atoms with van der Waals surface area (Å²) in [6, 6.07) is 13.3. The number of hydrogen-bond acceptors (Lipinski definition) is 6. The number of nitrogens with zero attached hydrogens (tertiary/aromatic N) is 4. The van der Waals surface area contributed by atoms with E-state index in [9.17, 15) is 9.90 Å². The molecule has 1 aliphatic rings. The van der Waals surface area contributed by atoms with Crippen molar-refractivity contribution in [2.24, 2.45) is 0 Å². The van der Waals surface area contributed by atoms with Crippen LogP contribution < -0.4 is 4.90 Å². The Balaban J connectivity index is 1.78. The molecule has 0 unspecified atom stereocenters. The highest BCUT2D eigenvalue weighted by Gasteiger charge is 2.25. The Morgan fingerprint density at radius 1 is 1.17 bits per heavy atom. The van der Waals surface area contributed by atoms with Crippen molar-refractivity contribution in [3.05, 3.63) is 66.0 Å².